The fourth-order valence-corrected chi connectivity index (χ4v) is 7.82. The van der Waals surface area contributed by atoms with Gasteiger partial charge in [0.1, 0.15) is 12.2 Å². The van der Waals surface area contributed by atoms with E-state index in [0.29, 0.717) is 25.7 Å². The summed E-state index contributed by atoms with van der Waals surface area (Å²) in [6, 6.07) is 13.1. The van der Waals surface area contributed by atoms with Crippen LogP contribution in [0.4, 0.5) is 0 Å². The third kappa shape index (κ3) is 11.4. The van der Waals surface area contributed by atoms with E-state index in [0.717, 1.165) is 11.1 Å². The van der Waals surface area contributed by atoms with Crippen molar-refractivity contribution in [1.29, 1.82) is 0 Å². The van der Waals surface area contributed by atoms with Gasteiger partial charge in [-0.25, -0.2) is 0 Å². The minimum atomic E-state index is -3.78. The summed E-state index contributed by atoms with van der Waals surface area (Å²) in [6.07, 6.45) is 5.59. The van der Waals surface area contributed by atoms with Crippen molar-refractivity contribution in [3.8, 4) is 0 Å². The molecule has 11 nitrogen and oxygen atoms in total. The van der Waals surface area contributed by atoms with Gasteiger partial charge in [0, 0.05) is 12.3 Å². The normalized spacial score (nSPS) is 29.5. The van der Waals surface area contributed by atoms with Gasteiger partial charge in [-0.15, -0.1) is 0 Å². The van der Waals surface area contributed by atoms with E-state index in [2.05, 4.69) is 0 Å². The lowest BCUT2D eigenvalue weighted by atomic mass is 9.92. The quantitative estimate of drug-likeness (QED) is 0.110. The molecule has 0 bridgehead atoms. The third-order valence-electron chi connectivity index (χ3n) is 10.2. The first-order valence-electron chi connectivity index (χ1n) is 17.8. The van der Waals surface area contributed by atoms with Crippen LogP contribution in [0.1, 0.15) is 78.4 Å². The highest BCUT2D eigenvalue weighted by Crippen LogP contribution is 2.47. The SMILES string of the molecule is CC[C@H](O)[C@@H](C)/C=C/C[C@@]1(C)O[C@@H]1COS(=O)(=O)c1ccc(C)cc1.CC[C@H](O)[C@@H](C)[C@H]1O[C@@H]1C[C@@]1(C)O[C@@H]1COS(=O)(=O)c1ccc(C)cc1. The first kappa shape index (κ1) is 41.6. The number of aryl methyl sites for hydroxylation is 2. The standard InChI is InChI=1S/C19H28O6S.C19H28O5S/c1-5-15(20)13(3)18-16(24-18)10-19(4)17(25-19)11-23-26(21,22)14-8-6-12(2)7-9-14;1-5-17(20)15(3)7-6-12-19(4)18(24-19)13-23-25(21,22)16-10-8-14(2)9-11-16/h6-9,13,15-18,20H,5,10-11H2,1-4H3;6-11,15,17-18,20H,5,12-13H2,1-4H3/b;7-6+/t13-,15+,16-,17-,18-,19-;15-,17-,18+,19+/m10/s1. The summed E-state index contributed by atoms with van der Waals surface area (Å²) in [5.41, 5.74) is 1.14. The topological polar surface area (TPSA) is 165 Å². The highest BCUT2D eigenvalue weighted by Gasteiger charge is 2.59. The lowest BCUT2D eigenvalue weighted by Crippen LogP contribution is -2.25. The molecule has 3 heterocycles. The molecule has 5 rings (SSSR count). The number of hydrogen-bond donors (Lipinski definition) is 2. The van der Waals surface area contributed by atoms with Crippen molar-refractivity contribution >= 4 is 20.2 Å². The molecule has 10 atom stereocenters. The molecular formula is C38H56O11S2. The van der Waals surface area contributed by atoms with Gasteiger partial charge < -0.3 is 24.4 Å². The van der Waals surface area contributed by atoms with Gasteiger partial charge in [-0.2, -0.15) is 16.8 Å². The van der Waals surface area contributed by atoms with Crippen molar-refractivity contribution in [3.63, 3.8) is 0 Å². The second-order valence-electron chi connectivity index (χ2n) is 14.6. The first-order valence-corrected chi connectivity index (χ1v) is 20.6. The average Bonchev–Trinajstić information content (AvgIpc) is 4.05. The molecule has 3 aliphatic heterocycles. The van der Waals surface area contributed by atoms with Gasteiger partial charge >= 0.3 is 0 Å². The Morgan fingerprint density at radius 2 is 1.22 bits per heavy atom. The van der Waals surface area contributed by atoms with E-state index in [1.54, 1.807) is 48.5 Å². The van der Waals surface area contributed by atoms with Gasteiger partial charge in [0.05, 0.1) is 58.6 Å². The molecule has 0 radical (unpaired) electrons. The van der Waals surface area contributed by atoms with Crippen LogP contribution in [0.5, 0.6) is 0 Å². The molecule has 0 saturated carbocycles. The van der Waals surface area contributed by atoms with Gasteiger partial charge in [0.15, 0.2) is 0 Å². The van der Waals surface area contributed by atoms with Crippen molar-refractivity contribution in [2.24, 2.45) is 11.8 Å². The van der Waals surface area contributed by atoms with Crippen LogP contribution in [-0.4, -0.2) is 88.1 Å². The van der Waals surface area contributed by atoms with Gasteiger partial charge in [0.2, 0.25) is 0 Å². The van der Waals surface area contributed by atoms with Crippen molar-refractivity contribution in [2.75, 3.05) is 13.2 Å². The fourth-order valence-electron chi connectivity index (χ4n) is 6.00. The molecule has 3 saturated heterocycles. The Bertz CT molecular complexity index is 1680. The van der Waals surface area contributed by atoms with Crippen LogP contribution in [0.15, 0.2) is 70.5 Å². The summed E-state index contributed by atoms with van der Waals surface area (Å²) in [6.45, 7) is 15.5. The van der Waals surface area contributed by atoms with Crippen molar-refractivity contribution in [1.82, 2.24) is 0 Å². The number of benzene rings is 2. The number of hydrogen-bond acceptors (Lipinski definition) is 11. The molecule has 3 aliphatic rings. The fraction of sp³-hybridized carbons (Fsp3) is 0.632. The Balaban J connectivity index is 0.000000229. The van der Waals surface area contributed by atoms with Crippen LogP contribution < -0.4 is 0 Å². The lowest BCUT2D eigenvalue weighted by Gasteiger charge is -2.14. The van der Waals surface area contributed by atoms with Crippen LogP contribution >= 0.6 is 0 Å². The van der Waals surface area contributed by atoms with E-state index in [1.165, 1.54) is 0 Å². The highest BCUT2D eigenvalue weighted by molar-refractivity contribution is 7.87. The minimum Gasteiger partial charge on any atom is -0.393 e. The molecular weight excluding hydrogens is 697 g/mol. The summed E-state index contributed by atoms with van der Waals surface area (Å²) in [5, 5.41) is 19.7. The number of rotatable bonds is 18. The zero-order valence-electron chi connectivity index (χ0n) is 31.0. The summed E-state index contributed by atoms with van der Waals surface area (Å²) >= 11 is 0. The summed E-state index contributed by atoms with van der Waals surface area (Å²) in [4.78, 5) is 0.307. The van der Waals surface area contributed by atoms with Crippen LogP contribution in [-0.2, 0) is 42.8 Å². The Labute approximate surface area is 304 Å². The Morgan fingerprint density at radius 1 is 0.765 bits per heavy atom. The van der Waals surface area contributed by atoms with E-state index >= 15 is 0 Å². The smallest absolute Gasteiger partial charge is 0.297 e. The molecule has 13 heteroatoms. The third-order valence-corrected chi connectivity index (χ3v) is 12.8. The maximum Gasteiger partial charge on any atom is 0.297 e. The van der Waals surface area contributed by atoms with Crippen LogP contribution in [0, 0.1) is 25.7 Å². The summed E-state index contributed by atoms with van der Waals surface area (Å²) < 4.78 is 76.2. The molecule has 0 aliphatic carbocycles. The van der Waals surface area contributed by atoms with E-state index < -0.39 is 31.4 Å². The first-order chi connectivity index (χ1) is 23.8. The maximum absolute atomic E-state index is 12.2. The number of epoxide rings is 3. The zero-order chi connectivity index (χ0) is 37.8. The predicted octanol–water partition coefficient (Wildman–Crippen LogP) is 5.63. The van der Waals surface area contributed by atoms with Crippen LogP contribution in [0.2, 0.25) is 0 Å². The lowest BCUT2D eigenvalue weighted by molar-refractivity contribution is 0.0953. The van der Waals surface area contributed by atoms with Crippen LogP contribution in [0.25, 0.3) is 0 Å². The molecule has 286 valence electrons. The Hall–Kier alpha value is -2.20. The van der Waals surface area contributed by atoms with Crippen molar-refractivity contribution in [3.05, 3.63) is 71.8 Å². The van der Waals surface area contributed by atoms with Crippen molar-refractivity contribution < 1.29 is 49.6 Å². The molecule has 3 fully saturated rings. The van der Waals surface area contributed by atoms with Gasteiger partial charge in [0.25, 0.3) is 20.2 Å². The zero-order valence-corrected chi connectivity index (χ0v) is 32.7. The number of ether oxygens (including phenoxy) is 3. The molecule has 51 heavy (non-hydrogen) atoms. The molecule has 0 amide bonds. The van der Waals surface area contributed by atoms with E-state index in [9.17, 15) is 27.0 Å². The number of aliphatic hydroxyl groups is 2. The second kappa shape index (κ2) is 16.9. The van der Waals surface area contributed by atoms with Gasteiger partial charge in [-0.1, -0.05) is 75.2 Å². The summed E-state index contributed by atoms with van der Waals surface area (Å²) in [7, 11) is -7.54. The molecule has 0 unspecified atom stereocenters. The predicted molar refractivity (Wildman–Crippen MR) is 193 cm³/mol. The molecule has 0 spiro atoms. The Morgan fingerprint density at radius 3 is 1.69 bits per heavy atom. The summed E-state index contributed by atoms with van der Waals surface area (Å²) in [5.74, 6) is 0.174. The van der Waals surface area contributed by atoms with E-state index in [-0.39, 0.29) is 71.5 Å². The van der Waals surface area contributed by atoms with Crippen molar-refractivity contribution in [2.45, 2.75) is 139 Å². The van der Waals surface area contributed by atoms with Gasteiger partial charge in [-0.05, 0) is 77.1 Å². The Kier molecular flexibility index (Phi) is 13.7. The second-order valence-corrected chi connectivity index (χ2v) is 17.8. The number of aliphatic hydroxyl groups excluding tert-OH is 2. The molecule has 0 aromatic heterocycles. The van der Waals surface area contributed by atoms with E-state index in [1.807, 2.05) is 67.5 Å². The van der Waals surface area contributed by atoms with Crippen LogP contribution in [0.3, 0.4) is 0 Å². The average molecular weight is 753 g/mol. The maximum atomic E-state index is 12.2. The highest BCUT2D eigenvalue weighted by atomic mass is 32.2. The molecule has 2 aromatic carbocycles. The molecule has 2 aromatic rings. The largest absolute Gasteiger partial charge is 0.393 e. The van der Waals surface area contributed by atoms with Gasteiger partial charge in [-0.3, -0.25) is 8.37 Å². The minimum absolute atomic E-state index is 0.00274. The van der Waals surface area contributed by atoms with E-state index in [4.69, 9.17) is 22.6 Å². The molecule has 2 N–H and O–H groups in total. The monoisotopic (exact) mass is 752 g/mol.